The first-order valence-electron chi connectivity index (χ1n) is 3.66. The number of rotatable bonds is 1. The van der Waals surface area contributed by atoms with Crippen molar-refractivity contribution in [1.29, 1.82) is 0 Å². The molecule has 4 atom stereocenters. The Kier molecular flexibility index (Phi) is 2.79. The van der Waals surface area contributed by atoms with E-state index in [-0.39, 0.29) is 0 Å². The van der Waals surface area contributed by atoms with Crippen molar-refractivity contribution in [2.24, 2.45) is 0 Å². The minimum atomic E-state index is -1.40. The molecule has 1 fully saturated rings. The third-order valence-corrected chi connectivity index (χ3v) is 1.87. The molecule has 70 valence electrons. The van der Waals surface area contributed by atoms with E-state index in [1.807, 2.05) is 0 Å². The topological polar surface area (TPSA) is 76.0 Å². The summed E-state index contributed by atoms with van der Waals surface area (Å²) in [6, 6.07) is 0. The second-order valence-corrected chi connectivity index (χ2v) is 2.72. The van der Waals surface area contributed by atoms with Gasteiger partial charge in [0.15, 0.2) is 12.1 Å². The first-order valence-corrected chi connectivity index (χ1v) is 3.66. The van der Waals surface area contributed by atoms with Crippen LogP contribution in [0.3, 0.4) is 0 Å². The number of methoxy groups -OCH3 is 1. The van der Waals surface area contributed by atoms with Gasteiger partial charge in [-0.2, -0.15) is 0 Å². The molecule has 0 aromatic heterocycles. The van der Waals surface area contributed by atoms with Crippen molar-refractivity contribution in [2.75, 3.05) is 7.11 Å². The maximum absolute atomic E-state index is 11.0. The summed E-state index contributed by atoms with van der Waals surface area (Å²) in [7, 11) is 1.34. The number of ether oxygens (including phenoxy) is 2. The molecule has 0 aromatic rings. The van der Waals surface area contributed by atoms with Gasteiger partial charge >= 0.3 is 0 Å². The zero-order valence-corrected chi connectivity index (χ0v) is 6.93. The first kappa shape index (κ1) is 9.60. The van der Waals surface area contributed by atoms with E-state index in [1.54, 1.807) is 0 Å². The van der Waals surface area contributed by atoms with Gasteiger partial charge < -0.3 is 19.7 Å². The van der Waals surface area contributed by atoms with E-state index >= 15 is 0 Å². The minimum absolute atomic E-state index is 0.518. The SMILES string of the molecule is CO[C@@H]1O[C@@H](C)C(=O)[C@@H](O)[C@@H]1O. The van der Waals surface area contributed by atoms with Gasteiger partial charge in [0.1, 0.15) is 18.3 Å². The fourth-order valence-corrected chi connectivity index (χ4v) is 1.10. The van der Waals surface area contributed by atoms with E-state index in [2.05, 4.69) is 0 Å². The Morgan fingerprint density at radius 1 is 1.50 bits per heavy atom. The highest BCUT2D eigenvalue weighted by molar-refractivity contribution is 5.88. The monoisotopic (exact) mass is 176 g/mol. The molecular weight excluding hydrogens is 164 g/mol. The molecule has 0 bridgehead atoms. The highest BCUT2D eigenvalue weighted by Crippen LogP contribution is 2.17. The van der Waals surface area contributed by atoms with Crippen molar-refractivity contribution < 1.29 is 24.5 Å². The molecule has 0 aliphatic carbocycles. The van der Waals surface area contributed by atoms with Gasteiger partial charge in [-0.05, 0) is 6.92 Å². The molecule has 0 amide bonds. The number of carbonyl (C=O) groups is 1. The minimum Gasteiger partial charge on any atom is -0.385 e. The average Bonchev–Trinajstić information content (AvgIpc) is 2.08. The van der Waals surface area contributed by atoms with E-state index in [0.29, 0.717) is 0 Å². The summed E-state index contributed by atoms with van der Waals surface area (Å²) in [5.41, 5.74) is 0. The van der Waals surface area contributed by atoms with Crippen LogP contribution in [0.25, 0.3) is 0 Å². The molecule has 12 heavy (non-hydrogen) atoms. The third-order valence-electron chi connectivity index (χ3n) is 1.87. The molecule has 0 aromatic carbocycles. The van der Waals surface area contributed by atoms with Gasteiger partial charge in [-0.15, -0.1) is 0 Å². The molecule has 1 saturated heterocycles. The van der Waals surface area contributed by atoms with Gasteiger partial charge in [0.25, 0.3) is 0 Å². The Labute approximate surface area is 69.9 Å². The van der Waals surface area contributed by atoms with Crippen molar-refractivity contribution >= 4 is 5.78 Å². The summed E-state index contributed by atoms with van der Waals surface area (Å²) in [5, 5.41) is 18.4. The molecule has 1 heterocycles. The predicted octanol–water partition coefficient (Wildman–Crippen LogP) is -1.33. The predicted molar refractivity (Wildman–Crippen MR) is 38.4 cm³/mol. The maximum atomic E-state index is 11.0. The van der Waals surface area contributed by atoms with Crippen LogP contribution in [0.1, 0.15) is 6.92 Å². The second kappa shape index (κ2) is 3.49. The van der Waals surface area contributed by atoms with Crippen LogP contribution in [0.15, 0.2) is 0 Å². The second-order valence-electron chi connectivity index (χ2n) is 2.72. The first-order chi connectivity index (χ1) is 5.57. The Hall–Kier alpha value is -0.490. The normalized spacial score (nSPS) is 43.2. The molecule has 1 aliphatic rings. The number of aliphatic hydroxyl groups excluding tert-OH is 2. The van der Waals surface area contributed by atoms with Crippen molar-refractivity contribution in [1.82, 2.24) is 0 Å². The molecule has 5 nitrogen and oxygen atoms in total. The van der Waals surface area contributed by atoms with Crippen molar-refractivity contribution in [2.45, 2.75) is 31.5 Å². The number of aliphatic hydroxyl groups is 2. The molecule has 0 spiro atoms. The summed E-state index contributed by atoms with van der Waals surface area (Å²) >= 11 is 0. The fraction of sp³-hybridized carbons (Fsp3) is 0.857. The van der Waals surface area contributed by atoms with Crippen LogP contribution in [-0.2, 0) is 14.3 Å². The summed E-state index contributed by atoms with van der Waals surface area (Å²) < 4.78 is 9.66. The number of ketones is 1. The van der Waals surface area contributed by atoms with Gasteiger partial charge in [-0.1, -0.05) is 0 Å². The van der Waals surface area contributed by atoms with Crippen LogP contribution < -0.4 is 0 Å². The quantitative estimate of drug-likeness (QED) is 0.517. The summed E-state index contributed by atoms with van der Waals surface area (Å²) in [4.78, 5) is 11.0. The van der Waals surface area contributed by atoms with Crippen LogP contribution in [-0.4, -0.2) is 47.7 Å². The van der Waals surface area contributed by atoms with Gasteiger partial charge in [-0.3, -0.25) is 4.79 Å². The fourth-order valence-electron chi connectivity index (χ4n) is 1.10. The number of hydrogen-bond donors (Lipinski definition) is 2. The summed E-state index contributed by atoms with van der Waals surface area (Å²) in [6.45, 7) is 1.50. The number of carbonyl (C=O) groups excluding carboxylic acids is 1. The molecule has 5 heteroatoms. The zero-order chi connectivity index (χ0) is 9.30. The molecule has 2 N–H and O–H groups in total. The van der Waals surface area contributed by atoms with Crippen LogP contribution >= 0.6 is 0 Å². The average molecular weight is 176 g/mol. The van der Waals surface area contributed by atoms with E-state index < -0.39 is 30.4 Å². The number of Topliss-reactive ketones (excluding diaryl/α,β-unsaturated/α-hetero) is 1. The highest BCUT2D eigenvalue weighted by Gasteiger charge is 2.41. The molecule has 0 saturated carbocycles. The van der Waals surface area contributed by atoms with Crippen molar-refractivity contribution in [3.63, 3.8) is 0 Å². The highest BCUT2D eigenvalue weighted by atomic mass is 16.7. The lowest BCUT2D eigenvalue weighted by Gasteiger charge is -2.33. The lowest BCUT2D eigenvalue weighted by molar-refractivity contribution is -0.242. The molecular formula is C7H12O5. The summed E-state index contributed by atoms with van der Waals surface area (Å²) in [5.74, 6) is -0.518. The largest absolute Gasteiger partial charge is 0.385 e. The third kappa shape index (κ3) is 1.49. The van der Waals surface area contributed by atoms with Gasteiger partial charge in [-0.25, -0.2) is 0 Å². The molecule has 1 rings (SSSR count). The lowest BCUT2D eigenvalue weighted by atomic mass is 10.0. The van der Waals surface area contributed by atoms with E-state index in [1.165, 1.54) is 14.0 Å². The molecule has 0 unspecified atom stereocenters. The van der Waals surface area contributed by atoms with E-state index in [4.69, 9.17) is 14.6 Å². The molecule has 0 radical (unpaired) electrons. The number of hydrogen-bond acceptors (Lipinski definition) is 5. The van der Waals surface area contributed by atoms with Gasteiger partial charge in [0.05, 0.1) is 0 Å². The summed E-state index contributed by atoms with van der Waals surface area (Å²) in [6.07, 6.45) is -4.35. The standard InChI is InChI=1S/C7H12O5/c1-3-4(8)5(9)6(10)7(11-2)12-3/h3,5-7,9-10H,1-2H3/t3-,5+,6-,7+/m0/s1. The van der Waals surface area contributed by atoms with E-state index in [9.17, 15) is 9.90 Å². The van der Waals surface area contributed by atoms with Gasteiger partial charge in [0.2, 0.25) is 0 Å². The Bertz CT molecular complexity index is 181. The van der Waals surface area contributed by atoms with E-state index in [0.717, 1.165) is 0 Å². The van der Waals surface area contributed by atoms with Gasteiger partial charge in [0, 0.05) is 7.11 Å². The zero-order valence-electron chi connectivity index (χ0n) is 6.93. The Balaban J connectivity index is 2.70. The van der Waals surface area contributed by atoms with Crippen LogP contribution in [0.2, 0.25) is 0 Å². The Morgan fingerprint density at radius 3 is 2.58 bits per heavy atom. The lowest BCUT2D eigenvalue weighted by Crippen LogP contribution is -2.54. The maximum Gasteiger partial charge on any atom is 0.192 e. The smallest absolute Gasteiger partial charge is 0.192 e. The molecule has 1 aliphatic heterocycles. The van der Waals surface area contributed by atoms with Crippen LogP contribution in [0, 0.1) is 0 Å². The van der Waals surface area contributed by atoms with Crippen LogP contribution in [0.4, 0.5) is 0 Å². The van der Waals surface area contributed by atoms with Crippen molar-refractivity contribution in [3.8, 4) is 0 Å². The Morgan fingerprint density at radius 2 is 2.08 bits per heavy atom. The van der Waals surface area contributed by atoms with Crippen LogP contribution in [0.5, 0.6) is 0 Å². The van der Waals surface area contributed by atoms with Crippen molar-refractivity contribution in [3.05, 3.63) is 0 Å².